The van der Waals surface area contributed by atoms with Crippen LogP contribution in [0.4, 0.5) is 17.3 Å². The molecule has 2 aliphatic rings. The molecule has 0 saturated carbocycles. The third-order valence-electron chi connectivity index (χ3n) is 8.10. The zero-order valence-corrected chi connectivity index (χ0v) is 26.1. The fourth-order valence-electron chi connectivity index (χ4n) is 5.66. The highest BCUT2D eigenvalue weighted by Gasteiger charge is 2.26. The number of rotatable bonds is 12. The van der Waals surface area contributed by atoms with Gasteiger partial charge in [0.25, 0.3) is 0 Å². The Morgan fingerprint density at radius 2 is 1.80 bits per heavy atom. The van der Waals surface area contributed by atoms with E-state index in [1.807, 2.05) is 19.1 Å². The zero-order valence-electron chi connectivity index (χ0n) is 26.1. The molecule has 2 N–H and O–H groups in total. The van der Waals surface area contributed by atoms with Crippen LogP contribution in [0.2, 0.25) is 0 Å². The van der Waals surface area contributed by atoms with Crippen molar-refractivity contribution in [2.24, 2.45) is 0 Å². The molecule has 2 aliphatic heterocycles. The SMILES string of the molecule is COCC(=O)NCC(C)Oc1cc(-c2cnc(Nc3ccc(N4CCC(N5CCOCC5)CC4)cc3OC)nc2)ccc1C#N. The van der Waals surface area contributed by atoms with Crippen LogP contribution in [0, 0.1) is 11.3 Å². The van der Waals surface area contributed by atoms with E-state index in [9.17, 15) is 10.1 Å². The fraction of sp³-hybridized carbons (Fsp3) is 0.455. The van der Waals surface area contributed by atoms with Gasteiger partial charge in [0.1, 0.15) is 30.3 Å². The molecule has 5 rings (SSSR count). The molecule has 1 atom stereocenters. The molecule has 2 saturated heterocycles. The lowest BCUT2D eigenvalue weighted by atomic mass is 10.0. The number of nitrogens with zero attached hydrogens (tertiary/aromatic N) is 5. The normalized spacial score (nSPS) is 16.4. The minimum absolute atomic E-state index is 0.0242. The molecule has 2 aromatic carbocycles. The molecule has 238 valence electrons. The molecule has 2 fully saturated rings. The Bertz CT molecular complexity index is 1470. The van der Waals surface area contributed by atoms with Gasteiger partial charge in [0.05, 0.1) is 38.1 Å². The second kappa shape index (κ2) is 15.5. The Kier molecular flexibility index (Phi) is 11.0. The lowest BCUT2D eigenvalue weighted by Crippen LogP contribution is -2.49. The summed E-state index contributed by atoms with van der Waals surface area (Å²) >= 11 is 0. The van der Waals surface area contributed by atoms with Crippen LogP contribution in [0.5, 0.6) is 11.5 Å². The van der Waals surface area contributed by atoms with Crippen LogP contribution in [0.15, 0.2) is 48.8 Å². The van der Waals surface area contributed by atoms with Crippen LogP contribution >= 0.6 is 0 Å². The summed E-state index contributed by atoms with van der Waals surface area (Å²) in [5.74, 6) is 1.33. The van der Waals surface area contributed by atoms with E-state index in [0.29, 0.717) is 23.3 Å². The summed E-state index contributed by atoms with van der Waals surface area (Å²) < 4.78 is 22.1. The fourth-order valence-corrected chi connectivity index (χ4v) is 5.66. The van der Waals surface area contributed by atoms with Crippen molar-refractivity contribution in [2.75, 3.05) is 77.0 Å². The number of amides is 1. The average Bonchev–Trinajstić information content (AvgIpc) is 3.08. The Labute approximate surface area is 264 Å². The lowest BCUT2D eigenvalue weighted by molar-refractivity contribution is -0.125. The predicted molar refractivity (Wildman–Crippen MR) is 171 cm³/mol. The first-order valence-electron chi connectivity index (χ1n) is 15.3. The van der Waals surface area contributed by atoms with Crippen molar-refractivity contribution in [1.29, 1.82) is 5.26 Å². The van der Waals surface area contributed by atoms with E-state index in [1.54, 1.807) is 31.6 Å². The lowest BCUT2D eigenvalue weighted by Gasteiger charge is -2.40. The number of hydrogen-bond donors (Lipinski definition) is 2. The standard InChI is InChI=1S/C33H41N7O5/c1-23(19-35-32(41)22-42-2)45-30-16-24(4-5-25(30)18-34)26-20-36-33(37-21-26)38-29-7-6-28(17-31(29)43-3)39-10-8-27(9-11-39)40-12-14-44-15-13-40/h4-7,16-17,20-21,23,27H,8-15,19,22H2,1-3H3,(H,35,41)(H,36,37,38). The van der Waals surface area contributed by atoms with Gasteiger partial charge in [0.2, 0.25) is 11.9 Å². The van der Waals surface area contributed by atoms with E-state index < -0.39 is 0 Å². The molecule has 3 heterocycles. The number of ether oxygens (including phenoxy) is 4. The number of methoxy groups -OCH3 is 2. The number of aromatic nitrogens is 2. The quantitative estimate of drug-likeness (QED) is 0.310. The van der Waals surface area contributed by atoms with Crippen molar-refractivity contribution >= 4 is 23.2 Å². The van der Waals surface area contributed by atoms with Crippen LogP contribution in [-0.4, -0.2) is 99.7 Å². The first-order valence-corrected chi connectivity index (χ1v) is 15.3. The van der Waals surface area contributed by atoms with Crippen LogP contribution < -0.4 is 25.0 Å². The van der Waals surface area contributed by atoms with Gasteiger partial charge in [-0.05, 0) is 49.6 Å². The molecular weight excluding hydrogens is 574 g/mol. The zero-order chi connectivity index (χ0) is 31.6. The maximum atomic E-state index is 11.7. The highest BCUT2D eigenvalue weighted by atomic mass is 16.5. The van der Waals surface area contributed by atoms with Crippen LogP contribution in [-0.2, 0) is 14.3 Å². The van der Waals surface area contributed by atoms with Crippen molar-refractivity contribution in [1.82, 2.24) is 20.2 Å². The maximum absolute atomic E-state index is 11.7. The summed E-state index contributed by atoms with van der Waals surface area (Å²) in [5.41, 5.74) is 3.87. The van der Waals surface area contributed by atoms with Crippen LogP contribution in [0.3, 0.4) is 0 Å². The van der Waals surface area contributed by atoms with Crippen molar-refractivity contribution in [3.63, 3.8) is 0 Å². The molecule has 12 heteroatoms. The highest BCUT2D eigenvalue weighted by Crippen LogP contribution is 2.33. The number of benzene rings is 2. The van der Waals surface area contributed by atoms with Gasteiger partial charge >= 0.3 is 0 Å². The molecule has 0 aliphatic carbocycles. The second-order valence-electron chi connectivity index (χ2n) is 11.2. The second-order valence-corrected chi connectivity index (χ2v) is 11.2. The van der Waals surface area contributed by atoms with Gasteiger partial charge in [-0.2, -0.15) is 5.26 Å². The molecule has 0 bridgehead atoms. The Balaban J connectivity index is 1.21. The van der Waals surface area contributed by atoms with Crippen molar-refractivity contribution in [3.05, 3.63) is 54.4 Å². The van der Waals surface area contributed by atoms with Crippen molar-refractivity contribution in [3.8, 4) is 28.7 Å². The van der Waals surface area contributed by atoms with Gasteiger partial charge in [-0.3, -0.25) is 9.69 Å². The van der Waals surface area contributed by atoms with E-state index in [2.05, 4.69) is 48.6 Å². The van der Waals surface area contributed by atoms with Crippen molar-refractivity contribution in [2.45, 2.75) is 31.9 Å². The molecule has 3 aromatic rings. The van der Waals surface area contributed by atoms with Gasteiger partial charge in [-0.15, -0.1) is 0 Å². The minimum Gasteiger partial charge on any atom is -0.494 e. The highest BCUT2D eigenvalue weighted by molar-refractivity contribution is 5.77. The van der Waals surface area contributed by atoms with Gasteiger partial charge < -0.3 is 34.5 Å². The summed E-state index contributed by atoms with van der Waals surface area (Å²) in [4.78, 5) is 25.7. The molecule has 1 aromatic heterocycles. The summed E-state index contributed by atoms with van der Waals surface area (Å²) in [6.45, 7) is 7.82. The van der Waals surface area contributed by atoms with Gasteiger partial charge in [-0.25, -0.2) is 9.97 Å². The molecule has 1 amide bonds. The van der Waals surface area contributed by atoms with Gasteiger partial charge in [0, 0.05) is 69.0 Å². The average molecular weight is 616 g/mol. The largest absolute Gasteiger partial charge is 0.494 e. The van der Waals surface area contributed by atoms with E-state index in [1.165, 1.54) is 7.11 Å². The topological polar surface area (TPSA) is 134 Å². The number of carbonyl (C=O) groups excluding carboxylic acids is 1. The number of nitriles is 1. The number of morpholine rings is 1. The predicted octanol–water partition coefficient (Wildman–Crippen LogP) is 3.60. The molecule has 0 spiro atoms. The Morgan fingerprint density at radius 3 is 2.49 bits per heavy atom. The van der Waals surface area contributed by atoms with E-state index in [-0.39, 0.29) is 25.2 Å². The number of hydrogen-bond acceptors (Lipinski definition) is 11. The Morgan fingerprint density at radius 1 is 1.04 bits per heavy atom. The third-order valence-corrected chi connectivity index (χ3v) is 8.10. The molecule has 0 radical (unpaired) electrons. The van der Waals surface area contributed by atoms with Gasteiger partial charge in [0.15, 0.2) is 0 Å². The number of piperidine rings is 1. The first kappa shape index (κ1) is 32.0. The van der Waals surface area contributed by atoms with E-state index in [4.69, 9.17) is 18.9 Å². The molecular formula is C33H41N7O5. The monoisotopic (exact) mass is 615 g/mol. The Hall–Kier alpha value is -4.44. The molecule has 45 heavy (non-hydrogen) atoms. The van der Waals surface area contributed by atoms with Gasteiger partial charge in [-0.1, -0.05) is 6.07 Å². The maximum Gasteiger partial charge on any atom is 0.246 e. The number of carbonyl (C=O) groups is 1. The summed E-state index contributed by atoms with van der Waals surface area (Å²) in [6, 6.07) is 14.3. The summed E-state index contributed by atoms with van der Waals surface area (Å²) in [6.07, 6.45) is 5.35. The molecule has 1 unspecified atom stereocenters. The third kappa shape index (κ3) is 8.39. The summed E-state index contributed by atoms with van der Waals surface area (Å²) in [5, 5.41) is 15.6. The van der Waals surface area contributed by atoms with Crippen molar-refractivity contribution < 1.29 is 23.7 Å². The minimum atomic E-state index is -0.362. The smallest absolute Gasteiger partial charge is 0.246 e. The van der Waals surface area contributed by atoms with Crippen LogP contribution in [0.1, 0.15) is 25.3 Å². The molecule has 12 nitrogen and oxygen atoms in total. The van der Waals surface area contributed by atoms with E-state index in [0.717, 1.165) is 80.5 Å². The van der Waals surface area contributed by atoms with E-state index >= 15 is 0 Å². The first-order chi connectivity index (χ1) is 22.0. The summed E-state index contributed by atoms with van der Waals surface area (Å²) in [7, 11) is 3.12. The number of anilines is 3. The number of nitrogens with one attached hydrogen (secondary N) is 2. The van der Waals surface area contributed by atoms with Crippen LogP contribution in [0.25, 0.3) is 11.1 Å².